The summed E-state index contributed by atoms with van der Waals surface area (Å²) in [5.41, 5.74) is 6.76. The van der Waals surface area contributed by atoms with Gasteiger partial charge in [-0.05, 0) is 18.1 Å². The second-order valence-corrected chi connectivity index (χ2v) is 3.67. The summed E-state index contributed by atoms with van der Waals surface area (Å²) in [7, 11) is 0. The van der Waals surface area contributed by atoms with Crippen LogP contribution in [0.15, 0.2) is 36.4 Å². The van der Waals surface area contributed by atoms with Crippen LogP contribution in [0.2, 0.25) is 0 Å². The lowest BCUT2D eigenvalue weighted by Crippen LogP contribution is -2.30. The fraction of sp³-hybridized carbons (Fsp3) is 0.143. The van der Waals surface area contributed by atoms with E-state index in [1.165, 1.54) is 0 Å². The van der Waals surface area contributed by atoms with Gasteiger partial charge in [-0.3, -0.25) is 4.79 Å². The summed E-state index contributed by atoms with van der Waals surface area (Å²) in [6, 6.07) is 11.7. The number of nitrogens with one attached hydrogen (secondary N) is 1. The van der Waals surface area contributed by atoms with Crippen LogP contribution in [0.3, 0.4) is 0 Å². The Morgan fingerprint density at radius 2 is 2.11 bits per heavy atom. The van der Waals surface area contributed by atoms with Crippen LogP contribution in [-0.2, 0) is 4.79 Å². The molecule has 0 aliphatic carbocycles. The van der Waals surface area contributed by atoms with Gasteiger partial charge >= 0.3 is 0 Å². The van der Waals surface area contributed by atoms with Crippen molar-refractivity contribution in [2.24, 2.45) is 5.73 Å². The fourth-order valence-corrected chi connectivity index (χ4v) is 1.49. The Bertz CT molecular complexity index is 625. The Morgan fingerprint density at radius 3 is 2.94 bits per heavy atom. The van der Waals surface area contributed by atoms with Gasteiger partial charge in [-0.15, -0.1) is 0 Å². The van der Waals surface area contributed by atoms with Crippen LogP contribution in [0.4, 0.5) is 0 Å². The van der Waals surface area contributed by atoms with Crippen LogP contribution in [-0.4, -0.2) is 24.0 Å². The first-order valence-corrected chi connectivity index (χ1v) is 5.61. The zero-order chi connectivity index (χ0) is 12.8. The van der Waals surface area contributed by atoms with Crippen LogP contribution in [0, 0.1) is 11.8 Å². The van der Waals surface area contributed by atoms with E-state index in [0.29, 0.717) is 5.69 Å². The van der Waals surface area contributed by atoms with E-state index >= 15 is 0 Å². The van der Waals surface area contributed by atoms with Crippen LogP contribution in [0.1, 0.15) is 5.69 Å². The number of hydrogen-bond donors (Lipinski definition) is 2. The lowest BCUT2D eigenvalue weighted by Gasteiger charge is -1.97. The number of carbonyl (C=O) groups is 1. The number of nitrogens with two attached hydrogens (primary N) is 1. The van der Waals surface area contributed by atoms with Crippen molar-refractivity contribution in [3.05, 3.63) is 42.1 Å². The molecule has 18 heavy (non-hydrogen) atoms. The monoisotopic (exact) mass is 239 g/mol. The summed E-state index contributed by atoms with van der Waals surface area (Å²) in [5.74, 6) is 5.52. The minimum atomic E-state index is -0.212. The van der Waals surface area contributed by atoms with Gasteiger partial charge in [0.15, 0.2) is 0 Å². The molecule has 0 atom stereocenters. The maximum Gasteiger partial charge on any atom is 0.234 e. The van der Waals surface area contributed by atoms with E-state index in [1.807, 2.05) is 36.4 Å². The van der Waals surface area contributed by atoms with E-state index < -0.39 is 0 Å². The third-order valence-electron chi connectivity index (χ3n) is 2.37. The SMILES string of the molecule is NCC(=O)NCC#Cc1ccc2ccccc2n1. The summed E-state index contributed by atoms with van der Waals surface area (Å²) < 4.78 is 0. The van der Waals surface area contributed by atoms with E-state index in [2.05, 4.69) is 22.1 Å². The van der Waals surface area contributed by atoms with Crippen LogP contribution < -0.4 is 11.1 Å². The number of benzene rings is 1. The smallest absolute Gasteiger partial charge is 0.234 e. The predicted octanol–water partition coefficient (Wildman–Crippen LogP) is 0.661. The topological polar surface area (TPSA) is 68.0 Å². The minimum absolute atomic E-state index is 0.0180. The molecule has 0 aliphatic rings. The van der Waals surface area contributed by atoms with Gasteiger partial charge in [0.1, 0.15) is 5.69 Å². The highest BCUT2D eigenvalue weighted by Crippen LogP contribution is 2.10. The molecular weight excluding hydrogens is 226 g/mol. The number of hydrogen-bond acceptors (Lipinski definition) is 3. The molecule has 4 nitrogen and oxygen atoms in total. The quantitative estimate of drug-likeness (QED) is 0.756. The van der Waals surface area contributed by atoms with Crippen molar-refractivity contribution in [1.82, 2.24) is 10.3 Å². The molecule has 90 valence electrons. The zero-order valence-electron chi connectivity index (χ0n) is 9.81. The van der Waals surface area contributed by atoms with Crippen LogP contribution >= 0.6 is 0 Å². The van der Waals surface area contributed by atoms with Crippen molar-refractivity contribution in [1.29, 1.82) is 0 Å². The molecule has 0 fully saturated rings. The first-order valence-electron chi connectivity index (χ1n) is 5.61. The summed E-state index contributed by atoms with van der Waals surface area (Å²) in [6.45, 7) is 0.264. The number of amides is 1. The molecule has 3 N–H and O–H groups in total. The van der Waals surface area contributed by atoms with Gasteiger partial charge in [-0.2, -0.15) is 0 Å². The Kier molecular flexibility index (Phi) is 3.90. The van der Waals surface area contributed by atoms with E-state index in [-0.39, 0.29) is 19.0 Å². The van der Waals surface area contributed by atoms with Crippen molar-refractivity contribution in [2.75, 3.05) is 13.1 Å². The molecule has 1 aromatic carbocycles. The Hall–Kier alpha value is -2.38. The molecule has 0 saturated heterocycles. The highest BCUT2D eigenvalue weighted by molar-refractivity contribution is 5.79. The van der Waals surface area contributed by atoms with Gasteiger partial charge in [0, 0.05) is 5.39 Å². The molecule has 0 spiro atoms. The molecular formula is C14H13N3O. The number of carbonyl (C=O) groups excluding carboxylic acids is 1. The Balaban J connectivity index is 2.08. The van der Waals surface area contributed by atoms with Gasteiger partial charge < -0.3 is 11.1 Å². The van der Waals surface area contributed by atoms with Crippen molar-refractivity contribution in [3.63, 3.8) is 0 Å². The second-order valence-electron chi connectivity index (χ2n) is 3.67. The van der Waals surface area contributed by atoms with E-state index in [1.54, 1.807) is 0 Å². The number of fused-ring (bicyclic) bond motifs is 1. The molecule has 4 heteroatoms. The molecule has 1 heterocycles. The molecule has 0 aliphatic heterocycles. The molecule has 1 amide bonds. The Labute approximate surface area is 105 Å². The summed E-state index contributed by atoms with van der Waals surface area (Å²) in [4.78, 5) is 15.3. The van der Waals surface area contributed by atoms with E-state index in [9.17, 15) is 4.79 Å². The number of nitrogens with zero attached hydrogens (tertiary/aromatic N) is 1. The second kappa shape index (κ2) is 5.80. The summed E-state index contributed by atoms with van der Waals surface area (Å²) in [6.07, 6.45) is 0. The van der Waals surface area contributed by atoms with E-state index in [4.69, 9.17) is 5.73 Å². The van der Waals surface area contributed by atoms with Gasteiger partial charge in [0.05, 0.1) is 18.6 Å². The molecule has 0 radical (unpaired) electrons. The first-order chi connectivity index (χ1) is 8.79. The molecule has 0 bridgehead atoms. The molecule has 2 aromatic rings. The molecule has 0 unspecified atom stereocenters. The maximum absolute atomic E-state index is 10.9. The fourth-order valence-electron chi connectivity index (χ4n) is 1.49. The average molecular weight is 239 g/mol. The first kappa shape index (κ1) is 12.1. The van der Waals surface area contributed by atoms with Crippen molar-refractivity contribution in [3.8, 4) is 11.8 Å². The summed E-state index contributed by atoms with van der Waals surface area (Å²) in [5, 5.41) is 3.66. The van der Waals surface area contributed by atoms with Crippen molar-refractivity contribution >= 4 is 16.8 Å². The van der Waals surface area contributed by atoms with Gasteiger partial charge in [-0.25, -0.2) is 4.98 Å². The number of pyridine rings is 1. The third kappa shape index (κ3) is 3.06. The number of aromatic nitrogens is 1. The highest BCUT2D eigenvalue weighted by Gasteiger charge is 1.94. The van der Waals surface area contributed by atoms with Crippen molar-refractivity contribution < 1.29 is 4.79 Å². The van der Waals surface area contributed by atoms with Gasteiger partial charge in [-0.1, -0.05) is 30.2 Å². The molecule has 0 saturated carbocycles. The maximum atomic E-state index is 10.9. The average Bonchev–Trinajstić information content (AvgIpc) is 2.43. The lowest BCUT2D eigenvalue weighted by molar-refractivity contribution is -0.119. The van der Waals surface area contributed by atoms with E-state index in [0.717, 1.165) is 10.9 Å². The molecule has 2 rings (SSSR count). The standard InChI is InChI=1S/C14H13N3O/c15-10-14(18)16-9-3-5-12-8-7-11-4-1-2-6-13(11)17-12/h1-2,4,6-8H,9-10,15H2,(H,16,18). The van der Waals surface area contributed by atoms with Gasteiger partial charge in [0.25, 0.3) is 0 Å². The lowest BCUT2D eigenvalue weighted by atomic mass is 10.2. The zero-order valence-corrected chi connectivity index (χ0v) is 9.81. The third-order valence-corrected chi connectivity index (χ3v) is 2.37. The van der Waals surface area contributed by atoms with Gasteiger partial charge in [0.2, 0.25) is 5.91 Å². The predicted molar refractivity (Wildman–Crippen MR) is 70.7 cm³/mol. The summed E-state index contributed by atoms with van der Waals surface area (Å²) >= 11 is 0. The van der Waals surface area contributed by atoms with Crippen LogP contribution in [0.25, 0.3) is 10.9 Å². The van der Waals surface area contributed by atoms with Crippen molar-refractivity contribution in [2.45, 2.75) is 0 Å². The largest absolute Gasteiger partial charge is 0.344 e. The van der Waals surface area contributed by atoms with Crippen LogP contribution in [0.5, 0.6) is 0 Å². The normalized spacial score (nSPS) is 9.61. The highest BCUT2D eigenvalue weighted by atomic mass is 16.1. The minimum Gasteiger partial charge on any atom is -0.344 e. The molecule has 1 aromatic heterocycles. The number of para-hydroxylation sites is 1. The Morgan fingerprint density at radius 1 is 1.28 bits per heavy atom. The number of rotatable bonds is 2.